The zero-order valence-corrected chi connectivity index (χ0v) is 18.2. The lowest BCUT2D eigenvalue weighted by Crippen LogP contribution is -2.34. The summed E-state index contributed by atoms with van der Waals surface area (Å²) in [6, 6.07) is 15.2. The maximum atomic E-state index is 12.8. The van der Waals surface area contributed by atoms with Gasteiger partial charge in [-0.05, 0) is 24.1 Å². The van der Waals surface area contributed by atoms with Gasteiger partial charge in [-0.25, -0.2) is 0 Å². The van der Waals surface area contributed by atoms with Crippen LogP contribution in [0, 0.1) is 0 Å². The van der Waals surface area contributed by atoms with E-state index in [1.165, 1.54) is 18.3 Å². The minimum absolute atomic E-state index is 0.0413. The van der Waals surface area contributed by atoms with Gasteiger partial charge in [0, 0.05) is 35.0 Å². The molecule has 0 aliphatic carbocycles. The highest BCUT2D eigenvalue weighted by atomic mass is 32.1. The summed E-state index contributed by atoms with van der Waals surface area (Å²) in [4.78, 5) is 51.7. The van der Waals surface area contributed by atoms with Gasteiger partial charge in [-0.1, -0.05) is 42.5 Å². The summed E-state index contributed by atoms with van der Waals surface area (Å²) in [6.07, 6.45) is 0.510. The second kappa shape index (κ2) is 8.76. The molecule has 2 aromatic carbocycles. The molecule has 0 saturated heterocycles. The fourth-order valence-electron chi connectivity index (χ4n) is 3.73. The predicted octanol–water partition coefficient (Wildman–Crippen LogP) is 3.23. The van der Waals surface area contributed by atoms with Gasteiger partial charge >= 0.3 is 0 Å². The molecule has 3 amide bonds. The van der Waals surface area contributed by atoms with Crippen LogP contribution in [0.4, 0.5) is 5.00 Å². The second-order valence-corrected chi connectivity index (χ2v) is 8.59. The standard InChI is InChI=1S/C24H21N3O4S/c1-14(28)27-12-11-18-19(13-27)32-24(20(18)22(25)30)26-23(31)17-9-7-16(8-10-17)21(29)15-5-3-2-4-6-15/h2-10H,11-13H2,1H3,(H2,25,30)(H,26,31). The van der Waals surface area contributed by atoms with E-state index in [9.17, 15) is 19.2 Å². The zero-order chi connectivity index (χ0) is 22.8. The van der Waals surface area contributed by atoms with Crippen molar-refractivity contribution in [3.05, 3.63) is 87.3 Å². The van der Waals surface area contributed by atoms with Gasteiger partial charge in [0.05, 0.1) is 12.1 Å². The number of carbonyl (C=O) groups is 4. The maximum Gasteiger partial charge on any atom is 0.256 e. The predicted molar refractivity (Wildman–Crippen MR) is 122 cm³/mol. The van der Waals surface area contributed by atoms with E-state index in [-0.39, 0.29) is 11.7 Å². The van der Waals surface area contributed by atoms with E-state index in [4.69, 9.17) is 5.73 Å². The van der Waals surface area contributed by atoms with Crippen molar-refractivity contribution >= 4 is 39.8 Å². The van der Waals surface area contributed by atoms with Crippen molar-refractivity contribution in [2.45, 2.75) is 19.9 Å². The molecule has 0 atom stereocenters. The molecule has 8 heteroatoms. The molecule has 0 bridgehead atoms. The monoisotopic (exact) mass is 447 g/mol. The van der Waals surface area contributed by atoms with Crippen LogP contribution in [0.5, 0.6) is 0 Å². The molecule has 0 fully saturated rings. The number of carbonyl (C=O) groups excluding carboxylic acids is 4. The molecule has 2 heterocycles. The Morgan fingerprint density at radius 3 is 2.19 bits per heavy atom. The molecular weight excluding hydrogens is 426 g/mol. The number of rotatable bonds is 5. The van der Waals surface area contributed by atoms with Crippen LogP contribution in [0.3, 0.4) is 0 Å². The molecule has 0 saturated carbocycles. The first-order chi connectivity index (χ1) is 15.3. The molecule has 1 aliphatic heterocycles. The van der Waals surface area contributed by atoms with Crippen LogP contribution in [-0.4, -0.2) is 34.9 Å². The van der Waals surface area contributed by atoms with Crippen LogP contribution in [0.25, 0.3) is 0 Å². The highest BCUT2D eigenvalue weighted by molar-refractivity contribution is 7.17. The molecule has 4 rings (SSSR count). The third-order valence-electron chi connectivity index (χ3n) is 5.42. The third kappa shape index (κ3) is 4.17. The summed E-state index contributed by atoms with van der Waals surface area (Å²) in [5.41, 5.74) is 8.08. The van der Waals surface area contributed by atoms with Crippen molar-refractivity contribution in [2.75, 3.05) is 11.9 Å². The zero-order valence-electron chi connectivity index (χ0n) is 17.4. The summed E-state index contributed by atoms with van der Waals surface area (Å²) in [5.74, 6) is -1.19. The lowest BCUT2D eigenvalue weighted by molar-refractivity contribution is -0.129. The van der Waals surface area contributed by atoms with Crippen LogP contribution >= 0.6 is 11.3 Å². The highest BCUT2D eigenvalue weighted by Gasteiger charge is 2.28. The normalized spacial score (nSPS) is 12.7. The number of nitrogens with one attached hydrogen (secondary N) is 1. The van der Waals surface area contributed by atoms with E-state index < -0.39 is 11.8 Å². The molecule has 0 unspecified atom stereocenters. The van der Waals surface area contributed by atoms with Crippen LogP contribution in [0.2, 0.25) is 0 Å². The molecule has 3 N–H and O–H groups in total. The van der Waals surface area contributed by atoms with E-state index in [2.05, 4.69) is 5.32 Å². The molecule has 7 nitrogen and oxygen atoms in total. The van der Waals surface area contributed by atoms with Gasteiger partial charge in [0.1, 0.15) is 5.00 Å². The van der Waals surface area contributed by atoms with E-state index in [1.807, 2.05) is 6.07 Å². The van der Waals surface area contributed by atoms with Crippen molar-refractivity contribution in [3.63, 3.8) is 0 Å². The number of anilines is 1. The van der Waals surface area contributed by atoms with E-state index in [0.717, 1.165) is 10.4 Å². The Balaban J connectivity index is 1.55. The molecule has 1 aliphatic rings. The number of primary amides is 1. The smallest absolute Gasteiger partial charge is 0.256 e. The Morgan fingerprint density at radius 2 is 1.56 bits per heavy atom. The lowest BCUT2D eigenvalue weighted by atomic mass is 10.0. The number of thiophene rings is 1. The van der Waals surface area contributed by atoms with E-state index in [0.29, 0.717) is 46.8 Å². The number of hydrogen-bond donors (Lipinski definition) is 2. The number of amides is 3. The average molecular weight is 448 g/mol. The maximum absolute atomic E-state index is 12.8. The Kier molecular flexibility index (Phi) is 5.87. The van der Waals surface area contributed by atoms with E-state index in [1.54, 1.807) is 53.4 Å². The van der Waals surface area contributed by atoms with Crippen LogP contribution in [-0.2, 0) is 17.8 Å². The van der Waals surface area contributed by atoms with Crippen molar-refractivity contribution in [1.82, 2.24) is 4.90 Å². The molecular formula is C24H21N3O4S. The van der Waals surface area contributed by atoms with Gasteiger partial charge < -0.3 is 16.0 Å². The number of ketones is 1. The third-order valence-corrected chi connectivity index (χ3v) is 6.55. The van der Waals surface area contributed by atoms with Crippen LogP contribution in [0.15, 0.2) is 54.6 Å². The molecule has 1 aromatic heterocycles. The SMILES string of the molecule is CC(=O)N1CCc2c(sc(NC(=O)c3ccc(C(=O)c4ccccc4)cc3)c2C(N)=O)C1. The summed E-state index contributed by atoms with van der Waals surface area (Å²) in [5, 5.41) is 3.16. The topological polar surface area (TPSA) is 110 Å². The Bertz CT molecular complexity index is 1220. The quantitative estimate of drug-likeness (QED) is 0.585. The number of hydrogen-bond acceptors (Lipinski definition) is 5. The average Bonchev–Trinajstić information content (AvgIpc) is 3.16. The van der Waals surface area contributed by atoms with Gasteiger partial charge in [-0.2, -0.15) is 0 Å². The van der Waals surface area contributed by atoms with Crippen LogP contribution < -0.4 is 11.1 Å². The first-order valence-electron chi connectivity index (χ1n) is 10.1. The van der Waals surface area contributed by atoms with Gasteiger partial charge in [0.25, 0.3) is 11.8 Å². The number of nitrogens with zero attached hydrogens (tertiary/aromatic N) is 1. The number of nitrogens with two attached hydrogens (primary N) is 1. The summed E-state index contributed by atoms with van der Waals surface area (Å²) in [7, 11) is 0. The number of fused-ring (bicyclic) bond motifs is 1. The number of benzene rings is 2. The largest absolute Gasteiger partial charge is 0.365 e. The Labute approximate surface area is 188 Å². The molecule has 0 spiro atoms. The minimum Gasteiger partial charge on any atom is -0.365 e. The van der Waals surface area contributed by atoms with Gasteiger partial charge in [-0.3, -0.25) is 19.2 Å². The Morgan fingerprint density at radius 1 is 0.938 bits per heavy atom. The summed E-state index contributed by atoms with van der Waals surface area (Å²) in [6.45, 7) is 2.40. The summed E-state index contributed by atoms with van der Waals surface area (Å²) >= 11 is 1.26. The molecule has 3 aromatic rings. The Hall–Kier alpha value is -3.78. The molecule has 32 heavy (non-hydrogen) atoms. The van der Waals surface area contributed by atoms with Crippen molar-refractivity contribution < 1.29 is 19.2 Å². The van der Waals surface area contributed by atoms with Gasteiger partial charge in [0.2, 0.25) is 5.91 Å². The highest BCUT2D eigenvalue weighted by Crippen LogP contribution is 2.37. The fourth-order valence-corrected chi connectivity index (χ4v) is 4.99. The second-order valence-electron chi connectivity index (χ2n) is 7.49. The fraction of sp³-hybridized carbons (Fsp3) is 0.167. The minimum atomic E-state index is -0.613. The molecule has 0 radical (unpaired) electrons. The van der Waals surface area contributed by atoms with Gasteiger partial charge in [-0.15, -0.1) is 11.3 Å². The van der Waals surface area contributed by atoms with Crippen molar-refractivity contribution in [2.24, 2.45) is 5.73 Å². The first kappa shape index (κ1) is 21.5. The first-order valence-corrected chi connectivity index (χ1v) is 10.9. The molecule has 162 valence electrons. The van der Waals surface area contributed by atoms with Crippen LogP contribution in [0.1, 0.15) is 54.0 Å². The summed E-state index contributed by atoms with van der Waals surface area (Å²) < 4.78 is 0. The van der Waals surface area contributed by atoms with E-state index >= 15 is 0 Å². The lowest BCUT2D eigenvalue weighted by Gasteiger charge is -2.25. The van der Waals surface area contributed by atoms with Gasteiger partial charge in [0.15, 0.2) is 5.78 Å². The van der Waals surface area contributed by atoms with Crippen molar-refractivity contribution in [1.29, 1.82) is 0 Å². The van der Waals surface area contributed by atoms with Crippen molar-refractivity contribution in [3.8, 4) is 0 Å².